The van der Waals surface area contributed by atoms with Gasteiger partial charge in [0.25, 0.3) is 0 Å². The van der Waals surface area contributed by atoms with Crippen LogP contribution in [0.3, 0.4) is 0 Å². The van der Waals surface area contributed by atoms with E-state index in [1.54, 1.807) is 7.11 Å². The molecule has 1 atom stereocenters. The molecule has 0 aliphatic heterocycles. The number of nitrogens with zero attached hydrogens (tertiary/aromatic N) is 2. The Hall–Kier alpha value is -0.980. The summed E-state index contributed by atoms with van der Waals surface area (Å²) in [6, 6.07) is -0.279. The minimum Gasteiger partial charge on any atom is -0.385 e. The zero-order valence-corrected chi connectivity index (χ0v) is 12.4. The lowest BCUT2D eigenvalue weighted by Crippen LogP contribution is -2.33. The van der Waals surface area contributed by atoms with Gasteiger partial charge in [0.2, 0.25) is 11.7 Å². The lowest BCUT2D eigenvalue weighted by molar-refractivity contribution is -0.0777. The highest BCUT2D eigenvalue weighted by Gasteiger charge is 2.39. The zero-order valence-electron chi connectivity index (χ0n) is 12.4. The Morgan fingerprint density at radius 2 is 2.10 bits per heavy atom. The monoisotopic (exact) mass is 283 g/mol. The van der Waals surface area contributed by atoms with Crippen LogP contribution in [0.25, 0.3) is 0 Å². The molecule has 1 fully saturated rings. The summed E-state index contributed by atoms with van der Waals surface area (Å²) in [5.74, 6) is 1.13. The second-order valence-electron chi connectivity index (χ2n) is 5.33. The third-order valence-corrected chi connectivity index (χ3v) is 3.88. The highest BCUT2D eigenvalue weighted by molar-refractivity contribution is 5.04. The molecule has 6 nitrogen and oxygen atoms in total. The normalized spacial score (nSPS) is 19.9. The maximum absolute atomic E-state index is 6.02. The van der Waals surface area contributed by atoms with Crippen LogP contribution in [-0.4, -0.2) is 30.5 Å². The van der Waals surface area contributed by atoms with Gasteiger partial charge in [0.1, 0.15) is 5.60 Å². The van der Waals surface area contributed by atoms with Crippen molar-refractivity contribution in [1.29, 1.82) is 0 Å². The largest absolute Gasteiger partial charge is 0.385 e. The van der Waals surface area contributed by atoms with Crippen LogP contribution in [0.5, 0.6) is 0 Å². The molecule has 2 rings (SSSR count). The molecule has 6 heteroatoms. The summed E-state index contributed by atoms with van der Waals surface area (Å²) < 4.78 is 16.3. The number of hydrogen-bond acceptors (Lipinski definition) is 6. The summed E-state index contributed by atoms with van der Waals surface area (Å²) in [5.41, 5.74) is 5.64. The van der Waals surface area contributed by atoms with E-state index < -0.39 is 0 Å². The van der Waals surface area contributed by atoms with Gasteiger partial charge < -0.3 is 19.7 Å². The molecular weight excluding hydrogens is 258 g/mol. The van der Waals surface area contributed by atoms with Crippen LogP contribution >= 0.6 is 0 Å². The van der Waals surface area contributed by atoms with Gasteiger partial charge in [-0.3, -0.25) is 0 Å². The molecular formula is C14H25N3O3. The Labute approximate surface area is 120 Å². The first-order valence-electron chi connectivity index (χ1n) is 7.44. The van der Waals surface area contributed by atoms with Crippen LogP contribution in [0, 0.1) is 0 Å². The van der Waals surface area contributed by atoms with Crippen LogP contribution in [0.1, 0.15) is 63.2 Å². The van der Waals surface area contributed by atoms with Crippen LogP contribution < -0.4 is 5.73 Å². The summed E-state index contributed by atoms with van der Waals surface area (Å²) in [6.07, 6.45) is 6.09. The van der Waals surface area contributed by atoms with Crippen molar-refractivity contribution in [2.24, 2.45) is 5.73 Å². The first kappa shape index (κ1) is 15.4. The standard InChI is InChI=1S/C14H25N3O3/c1-3-19-14(8-5-4-6-9-14)13-16-12(20-17-13)11(15)7-10-18-2/h11H,3-10,15H2,1-2H3. The fourth-order valence-corrected chi connectivity index (χ4v) is 2.77. The van der Waals surface area contributed by atoms with Crippen molar-refractivity contribution in [3.63, 3.8) is 0 Å². The molecule has 0 saturated heterocycles. The van der Waals surface area contributed by atoms with Crippen molar-refractivity contribution < 1.29 is 14.0 Å². The molecule has 0 bridgehead atoms. The fourth-order valence-electron chi connectivity index (χ4n) is 2.77. The minimum atomic E-state index is -0.379. The first-order valence-corrected chi connectivity index (χ1v) is 7.44. The van der Waals surface area contributed by atoms with Crippen molar-refractivity contribution in [2.75, 3.05) is 20.3 Å². The summed E-state index contributed by atoms with van der Waals surface area (Å²) in [4.78, 5) is 4.49. The van der Waals surface area contributed by atoms with Gasteiger partial charge in [-0.25, -0.2) is 0 Å². The molecule has 2 N–H and O–H groups in total. The molecule has 1 aliphatic carbocycles. The predicted molar refractivity (Wildman–Crippen MR) is 74.1 cm³/mol. The number of methoxy groups -OCH3 is 1. The first-order chi connectivity index (χ1) is 9.72. The molecule has 0 aromatic carbocycles. The van der Waals surface area contributed by atoms with Crippen molar-refractivity contribution in [3.8, 4) is 0 Å². The number of ether oxygens (including phenoxy) is 2. The van der Waals surface area contributed by atoms with E-state index in [4.69, 9.17) is 19.7 Å². The molecule has 1 aliphatic rings. The minimum absolute atomic E-state index is 0.279. The average Bonchev–Trinajstić information content (AvgIpc) is 2.96. The van der Waals surface area contributed by atoms with E-state index in [9.17, 15) is 0 Å². The van der Waals surface area contributed by atoms with E-state index in [-0.39, 0.29) is 11.6 Å². The molecule has 1 heterocycles. The Bertz CT molecular complexity index is 397. The molecule has 0 amide bonds. The van der Waals surface area contributed by atoms with Gasteiger partial charge in [0.15, 0.2) is 0 Å². The summed E-state index contributed by atoms with van der Waals surface area (Å²) in [7, 11) is 1.65. The van der Waals surface area contributed by atoms with E-state index in [2.05, 4.69) is 10.1 Å². The van der Waals surface area contributed by atoms with Gasteiger partial charge in [-0.05, 0) is 26.2 Å². The van der Waals surface area contributed by atoms with Gasteiger partial charge in [0.05, 0.1) is 6.04 Å². The molecule has 20 heavy (non-hydrogen) atoms. The van der Waals surface area contributed by atoms with Crippen molar-refractivity contribution in [2.45, 2.75) is 57.1 Å². The smallest absolute Gasteiger partial charge is 0.243 e. The predicted octanol–water partition coefficient (Wildman–Crippen LogP) is 2.30. The van der Waals surface area contributed by atoms with Gasteiger partial charge >= 0.3 is 0 Å². The van der Waals surface area contributed by atoms with Crippen molar-refractivity contribution in [3.05, 3.63) is 11.7 Å². The number of nitrogens with two attached hydrogens (primary N) is 1. The maximum Gasteiger partial charge on any atom is 0.243 e. The van der Waals surface area contributed by atoms with Gasteiger partial charge in [-0.15, -0.1) is 0 Å². The Kier molecular flexibility index (Phi) is 5.51. The highest BCUT2D eigenvalue weighted by atomic mass is 16.5. The second kappa shape index (κ2) is 7.15. The summed E-state index contributed by atoms with van der Waals surface area (Å²) >= 11 is 0. The number of aromatic nitrogens is 2. The summed E-state index contributed by atoms with van der Waals surface area (Å²) in [5, 5.41) is 4.13. The van der Waals surface area contributed by atoms with Crippen LogP contribution in [0.2, 0.25) is 0 Å². The average molecular weight is 283 g/mol. The molecule has 0 radical (unpaired) electrons. The van der Waals surface area contributed by atoms with E-state index in [1.165, 1.54) is 6.42 Å². The van der Waals surface area contributed by atoms with E-state index in [0.717, 1.165) is 25.7 Å². The Morgan fingerprint density at radius 1 is 1.35 bits per heavy atom. The highest BCUT2D eigenvalue weighted by Crippen LogP contribution is 2.39. The molecule has 114 valence electrons. The van der Waals surface area contributed by atoms with Crippen LogP contribution in [0.4, 0.5) is 0 Å². The lowest BCUT2D eigenvalue weighted by Gasteiger charge is -2.33. The van der Waals surface area contributed by atoms with Crippen molar-refractivity contribution in [1.82, 2.24) is 10.1 Å². The van der Waals surface area contributed by atoms with Crippen LogP contribution in [0.15, 0.2) is 4.52 Å². The topological polar surface area (TPSA) is 83.4 Å². The molecule has 1 aromatic rings. The van der Waals surface area contributed by atoms with E-state index >= 15 is 0 Å². The number of rotatable bonds is 7. The van der Waals surface area contributed by atoms with Crippen molar-refractivity contribution >= 4 is 0 Å². The lowest BCUT2D eigenvalue weighted by atomic mass is 9.84. The quantitative estimate of drug-likeness (QED) is 0.826. The maximum atomic E-state index is 6.02. The molecule has 0 spiro atoms. The second-order valence-corrected chi connectivity index (χ2v) is 5.33. The zero-order chi connectivity index (χ0) is 14.4. The summed E-state index contributed by atoms with van der Waals surface area (Å²) in [6.45, 7) is 3.23. The van der Waals surface area contributed by atoms with Gasteiger partial charge in [-0.2, -0.15) is 4.98 Å². The Morgan fingerprint density at radius 3 is 2.75 bits per heavy atom. The van der Waals surface area contributed by atoms with Gasteiger partial charge in [0, 0.05) is 20.3 Å². The van der Waals surface area contributed by atoms with Crippen LogP contribution in [-0.2, 0) is 15.1 Å². The number of hydrogen-bond donors (Lipinski definition) is 1. The molecule has 1 unspecified atom stereocenters. The third kappa shape index (κ3) is 3.37. The third-order valence-electron chi connectivity index (χ3n) is 3.88. The fraction of sp³-hybridized carbons (Fsp3) is 0.857. The Balaban J connectivity index is 2.12. The van der Waals surface area contributed by atoms with E-state index in [0.29, 0.717) is 31.3 Å². The van der Waals surface area contributed by atoms with Gasteiger partial charge in [-0.1, -0.05) is 24.4 Å². The SMILES string of the molecule is CCOC1(c2noc(C(N)CCOC)n2)CCCCC1. The van der Waals surface area contributed by atoms with E-state index in [1.807, 2.05) is 6.92 Å². The molecule has 1 saturated carbocycles. The molecule has 1 aromatic heterocycles.